The van der Waals surface area contributed by atoms with Crippen molar-refractivity contribution < 1.29 is 9.59 Å². The average Bonchev–Trinajstić information content (AvgIpc) is 2.65. The molecular formula is C20H24N2O2. The lowest BCUT2D eigenvalue weighted by atomic mass is 10.1. The largest absolute Gasteiger partial charge is 0.342 e. The first kappa shape index (κ1) is 17.7. The number of hydrogen-bond acceptors (Lipinski definition) is 2. The molecule has 24 heavy (non-hydrogen) atoms. The van der Waals surface area contributed by atoms with E-state index in [1.165, 1.54) is 5.56 Å². The van der Waals surface area contributed by atoms with E-state index in [1.807, 2.05) is 25.1 Å². The maximum absolute atomic E-state index is 12.6. The van der Waals surface area contributed by atoms with Crippen LogP contribution in [0.3, 0.4) is 0 Å². The van der Waals surface area contributed by atoms with Crippen molar-refractivity contribution in [3.63, 3.8) is 0 Å². The fourth-order valence-electron chi connectivity index (χ4n) is 2.41. The van der Waals surface area contributed by atoms with Crippen LogP contribution in [-0.2, 0) is 6.42 Å². The van der Waals surface area contributed by atoms with Gasteiger partial charge in [-0.2, -0.15) is 0 Å². The van der Waals surface area contributed by atoms with Crippen molar-refractivity contribution in [2.45, 2.75) is 13.3 Å². The number of nitrogens with zero attached hydrogens (tertiary/aromatic N) is 2. The third kappa shape index (κ3) is 4.44. The normalized spacial score (nSPS) is 10.3. The van der Waals surface area contributed by atoms with Crippen LogP contribution < -0.4 is 0 Å². The fraction of sp³-hybridized carbons (Fsp3) is 0.300. The summed E-state index contributed by atoms with van der Waals surface area (Å²) in [7, 11) is 3.54. The molecule has 2 aromatic carbocycles. The van der Waals surface area contributed by atoms with Crippen LogP contribution in [0.15, 0.2) is 54.6 Å². The maximum Gasteiger partial charge on any atom is 0.253 e. The SMILES string of the molecule is CCN(C)C(=O)c1cccc(C(=O)N(C)CCc2ccccc2)c1. The van der Waals surface area contributed by atoms with Crippen molar-refractivity contribution >= 4 is 11.8 Å². The molecule has 4 nitrogen and oxygen atoms in total. The van der Waals surface area contributed by atoms with Crippen molar-refractivity contribution in [2.75, 3.05) is 27.2 Å². The number of benzene rings is 2. The Labute approximate surface area is 143 Å². The Kier molecular flexibility index (Phi) is 6.13. The molecule has 0 N–H and O–H groups in total. The standard InChI is InChI=1S/C20H24N2O2/c1-4-21(2)19(23)17-11-8-12-18(15-17)20(24)22(3)14-13-16-9-6-5-7-10-16/h5-12,15H,4,13-14H2,1-3H3. The van der Waals surface area contributed by atoms with Gasteiger partial charge in [0.15, 0.2) is 0 Å². The van der Waals surface area contributed by atoms with Gasteiger partial charge in [0.25, 0.3) is 11.8 Å². The van der Waals surface area contributed by atoms with Crippen LogP contribution in [-0.4, -0.2) is 48.8 Å². The van der Waals surface area contributed by atoms with Crippen LogP contribution in [0.2, 0.25) is 0 Å². The molecule has 0 spiro atoms. The molecule has 0 aliphatic carbocycles. The highest BCUT2D eigenvalue weighted by Gasteiger charge is 2.15. The van der Waals surface area contributed by atoms with E-state index in [-0.39, 0.29) is 11.8 Å². The third-order valence-corrected chi connectivity index (χ3v) is 4.10. The highest BCUT2D eigenvalue weighted by Crippen LogP contribution is 2.11. The molecule has 0 aliphatic rings. The van der Waals surface area contributed by atoms with Gasteiger partial charge in [-0.05, 0) is 37.1 Å². The van der Waals surface area contributed by atoms with Gasteiger partial charge in [-0.25, -0.2) is 0 Å². The number of amides is 2. The van der Waals surface area contributed by atoms with E-state index in [9.17, 15) is 9.59 Å². The summed E-state index contributed by atoms with van der Waals surface area (Å²) in [6, 6.07) is 17.0. The van der Waals surface area contributed by atoms with Crippen molar-refractivity contribution in [1.29, 1.82) is 0 Å². The van der Waals surface area contributed by atoms with Gasteiger partial charge < -0.3 is 9.80 Å². The smallest absolute Gasteiger partial charge is 0.253 e. The molecule has 0 unspecified atom stereocenters. The fourth-order valence-corrected chi connectivity index (χ4v) is 2.41. The van der Waals surface area contributed by atoms with E-state index >= 15 is 0 Å². The van der Waals surface area contributed by atoms with E-state index in [0.717, 1.165) is 6.42 Å². The Balaban J connectivity index is 2.04. The summed E-state index contributed by atoms with van der Waals surface area (Å²) in [5, 5.41) is 0. The van der Waals surface area contributed by atoms with Crippen LogP contribution >= 0.6 is 0 Å². The molecule has 2 amide bonds. The van der Waals surface area contributed by atoms with E-state index in [0.29, 0.717) is 24.2 Å². The second-order valence-electron chi connectivity index (χ2n) is 5.86. The molecule has 0 aliphatic heterocycles. The Morgan fingerprint density at radius 1 is 0.833 bits per heavy atom. The third-order valence-electron chi connectivity index (χ3n) is 4.10. The molecule has 0 aromatic heterocycles. The van der Waals surface area contributed by atoms with Gasteiger partial charge in [0.2, 0.25) is 0 Å². The molecule has 0 saturated carbocycles. The number of carbonyl (C=O) groups excluding carboxylic acids is 2. The molecule has 4 heteroatoms. The van der Waals surface area contributed by atoms with E-state index in [2.05, 4.69) is 12.1 Å². The van der Waals surface area contributed by atoms with E-state index in [4.69, 9.17) is 0 Å². The minimum Gasteiger partial charge on any atom is -0.342 e. The Morgan fingerprint density at radius 2 is 1.42 bits per heavy atom. The Bertz CT molecular complexity index is 698. The van der Waals surface area contributed by atoms with Crippen LogP contribution in [0, 0.1) is 0 Å². The second kappa shape index (κ2) is 8.29. The summed E-state index contributed by atoms with van der Waals surface area (Å²) in [5.41, 5.74) is 2.29. The lowest BCUT2D eigenvalue weighted by Crippen LogP contribution is -2.30. The summed E-state index contributed by atoms with van der Waals surface area (Å²) >= 11 is 0. The van der Waals surface area contributed by atoms with Gasteiger partial charge in [-0.15, -0.1) is 0 Å². The molecule has 2 aromatic rings. The van der Waals surface area contributed by atoms with Crippen molar-refractivity contribution in [1.82, 2.24) is 9.80 Å². The van der Waals surface area contributed by atoms with Crippen molar-refractivity contribution in [3.05, 3.63) is 71.3 Å². The number of likely N-dealkylation sites (N-methyl/N-ethyl adjacent to an activating group) is 1. The Morgan fingerprint density at radius 3 is 2.00 bits per heavy atom. The van der Waals surface area contributed by atoms with E-state index < -0.39 is 0 Å². The molecular weight excluding hydrogens is 300 g/mol. The van der Waals surface area contributed by atoms with Crippen LogP contribution in [0.4, 0.5) is 0 Å². The van der Waals surface area contributed by atoms with Gasteiger partial charge in [-0.3, -0.25) is 9.59 Å². The van der Waals surface area contributed by atoms with Crippen LogP contribution in [0.5, 0.6) is 0 Å². The topological polar surface area (TPSA) is 40.6 Å². The highest BCUT2D eigenvalue weighted by atomic mass is 16.2. The monoisotopic (exact) mass is 324 g/mol. The predicted molar refractivity (Wildman–Crippen MR) is 96.2 cm³/mol. The molecule has 0 atom stereocenters. The number of rotatable bonds is 6. The quantitative estimate of drug-likeness (QED) is 0.819. The summed E-state index contributed by atoms with van der Waals surface area (Å²) in [4.78, 5) is 28.1. The van der Waals surface area contributed by atoms with Gasteiger partial charge in [0.05, 0.1) is 0 Å². The van der Waals surface area contributed by atoms with Crippen molar-refractivity contribution in [2.24, 2.45) is 0 Å². The zero-order chi connectivity index (χ0) is 17.5. The Hall–Kier alpha value is -2.62. The molecule has 0 fully saturated rings. The molecule has 126 valence electrons. The molecule has 2 rings (SSSR count). The average molecular weight is 324 g/mol. The predicted octanol–water partition coefficient (Wildman–Crippen LogP) is 3.09. The molecule has 0 saturated heterocycles. The van der Waals surface area contributed by atoms with Crippen LogP contribution in [0.1, 0.15) is 33.2 Å². The van der Waals surface area contributed by atoms with Crippen LogP contribution in [0.25, 0.3) is 0 Å². The van der Waals surface area contributed by atoms with E-state index in [1.54, 1.807) is 48.2 Å². The summed E-state index contributed by atoms with van der Waals surface area (Å²) in [5.74, 6) is -0.140. The first-order chi connectivity index (χ1) is 11.5. The van der Waals surface area contributed by atoms with Gasteiger partial charge in [0, 0.05) is 38.3 Å². The zero-order valence-corrected chi connectivity index (χ0v) is 14.5. The number of hydrogen-bond donors (Lipinski definition) is 0. The number of carbonyl (C=O) groups is 2. The lowest BCUT2D eigenvalue weighted by molar-refractivity contribution is 0.0796. The van der Waals surface area contributed by atoms with Crippen molar-refractivity contribution in [3.8, 4) is 0 Å². The van der Waals surface area contributed by atoms with Gasteiger partial charge >= 0.3 is 0 Å². The maximum atomic E-state index is 12.6. The summed E-state index contributed by atoms with van der Waals surface area (Å²) in [6.07, 6.45) is 0.806. The highest BCUT2D eigenvalue weighted by molar-refractivity contribution is 5.99. The second-order valence-corrected chi connectivity index (χ2v) is 5.86. The molecule has 0 bridgehead atoms. The summed E-state index contributed by atoms with van der Waals surface area (Å²) < 4.78 is 0. The zero-order valence-electron chi connectivity index (χ0n) is 14.5. The molecule has 0 heterocycles. The first-order valence-corrected chi connectivity index (χ1v) is 8.18. The first-order valence-electron chi connectivity index (χ1n) is 8.18. The van der Waals surface area contributed by atoms with Gasteiger partial charge in [-0.1, -0.05) is 36.4 Å². The minimum atomic E-state index is -0.0703. The minimum absolute atomic E-state index is 0.0697. The lowest BCUT2D eigenvalue weighted by Gasteiger charge is -2.18. The van der Waals surface area contributed by atoms with Gasteiger partial charge in [0.1, 0.15) is 0 Å². The summed E-state index contributed by atoms with van der Waals surface area (Å²) in [6.45, 7) is 3.19. The molecule has 0 radical (unpaired) electrons.